The van der Waals surface area contributed by atoms with Crippen LogP contribution in [0.2, 0.25) is 0 Å². The second-order valence-electron chi connectivity index (χ2n) is 2.48. The summed E-state index contributed by atoms with van der Waals surface area (Å²) in [5.41, 5.74) is 0. The second-order valence-corrected chi connectivity index (χ2v) is 4.40. The van der Waals surface area contributed by atoms with Gasteiger partial charge >= 0.3 is 0 Å². The Morgan fingerprint density at radius 2 is 2.08 bits per heavy atom. The van der Waals surface area contributed by atoms with E-state index in [2.05, 4.69) is 13.6 Å². The Labute approximate surface area is 76.0 Å². The fraction of sp³-hybridized carbons (Fsp3) is 1.00. The van der Waals surface area contributed by atoms with Crippen molar-refractivity contribution in [3.63, 3.8) is 0 Å². The minimum atomic E-state index is -3.30. The lowest BCUT2D eigenvalue weighted by atomic mass is 10.2. The summed E-state index contributed by atoms with van der Waals surface area (Å²) >= 11 is 0. The summed E-state index contributed by atoms with van der Waals surface area (Å²) in [5.74, 6) is 0. The number of rotatable bonds is 6. The lowest BCUT2D eigenvalue weighted by molar-refractivity contribution is 0.185. The van der Waals surface area contributed by atoms with Crippen molar-refractivity contribution in [1.29, 1.82) is 0 Å². The zero-order valence-electron chi connectivity index (χ0n) is 7.32. The van der Waals surface area contributed by atoms with Crippen molar-refractivity contribution in [2.45, 2.75) is 25.9 Å². The van der Waals surface area contributed by atoms with Crippen LogP contribution in [0.1, 0.15) is 19.8 Å². The summed E-state index contributed by atoms with van der Waals surface area (Å²) in [6, 6.07) is 0. The van der Waals surface area contributed by atoms with Gasteiger partial charge in [0.15, 0.2) is 0 Å². The summed E-state index contributed by atoms with van der Waals surface area (Å²) in [4.78, 5) is 0. The van der Waals surface area contributed by atoms with Crippen LogP contribution in [0.25, 0.3) is 0 Å². The van der Waals surface area contributed by atoms with Gasteiger partial charge in [0.05, 0.1) is 19.0 Å². The molecule has 0 rings (SSSR count). The first-order valence-corrected chi connectivity index (χ1v) is 5.98. The molecule has 0 aliphatic heterocycles. The van der Waals surface area contributed by atoms with Gasteiger partial charge in [-0.25, -0.2) is 0 Å². The van der Waals surface area contributed by atoms with Crippen LogP contribution in [-0.4, -0.2) is 27.4 Å². The van der Waals surface area contributed by atoms with Crippen LogP contribution in [0.15, 0.2) is 0 Å². The van der Waals surface area contributed by atoms with E-state index >= 15 is 0 Å². The molecule has 0 saturated heterocycles. The fourth-order valence-corrected chi connectivity index (χ4v) is 1.43. The molecule has 4 nitrogen and oxygen atoms in total. The van der Waals surface area contributed by atoms with Crippen molar-refractivity contribution in [2.75, 3.05) is 12.9 Å². The first-order chi connectivity index (χ1) is 5.49. The Morgan fingerprint density at radius 3 is 2.42 bits per heavy atom. The Balaban J connectivity index is 3.55. The lowest BCUT2D eigenvalue weighted by Gasteiger charge is -2.11. The molecule has 2 atom stereocenters. The van der Waals surface area contributed by atoms with Crippen LogP contribution in [0.3, 0.4) is 0 Å². The maximum absolute atomic E-state index is 10.5. The minimum Gasteiger partial charge on any atom is -0.362 e. The van der Waals surface area contributed by atoms with Gasteiger partial charge in [-0.05, 0) is 12.8 Å². The van der Waals surface area contributed by atoms with E-state index in [9.17, 15) is 8.42 Å². The van der Waals surface area contributed by atoms with Gasteiger partial charge in [-0.2, -0.15) is 8.42 Å². The standard InChI is InChI=1S/C6H15O4PS/c1-3-6(10-11)4-5-9-12(2,7)8/h6H,3-5,11H2,1-2H3/t6-/m0/s1. The van der Waals surface area contributed by atoms with E-state index in [-0.39, 0.29) is 12.7 Å². The zero-order chi connectivity index (χ0) is 9.61. The van der Waals surface area contributed by atoms with Crippen LogP contribution in [-0.2, 0) is 18.8 Å². The molecule has 0 aromatic heterocycles. The van der Waals surface area contributed by atoms with Gasteiger partial charge in [-0.15, -0.1) is 0 Å². The third kappa shape index (κ3) is 6.98. The molecule has 0 N–H and O–H groups in total. The molecule has 0 spiro atoms. The maximum atomic E-state index is 10.5. The van der Waals surface area contributed by atoms with Crippen molar-refractivity contribution in [1.82, 2.24) is 0 Å². The van der Waals surface area contributed by atoms with Gasteiger partial charge in [-0.1, -0.05) is 6.92 Å². The van der Waals surface area contributed by atoms with Crippen molar-refractivity contribution in [3.05, 3.63) is 0 Å². The monoisotopic (exact) mass is 214 g/mol. The van der Waals surface area contributed by atoms with E-state index in [0.29, 0.717) is 6.42 Å². The normalized spacial score (nSPS) is 14.6. The van der Waals surface area contributed by atoms with E-state index in [1.54, 1.807) is 0 Å². The highest BCUT2D eigenvalue weighted by Crippen LogP contribution is 2.07. The molecule has 0 aliphatic rings. The minimum absolute atomic E-state index is 0.0525. The number of hydrogen-bond acceptors (Lipinski definition) is 4. The van der Waals surface area contributed by atoms with Crippen LogP contribution < -0.4 is 0 Å². The average molecular weight is 214 g/mol. The van der Waals surface area contributed by atoms with Gasteiger partial charge in [0.25, 0.3) is 10.1 Å². The highest BCUT2D eigenvalue weighted by Gasteiger charge is 2.06. The molecule has 0 amide bonds. The predicted octanol–water partition coefficient (Wildman–Crippen LogP) is 0.938. The molecule has 0 radical (unpaired) electrons. The van der Waals surface area contributed by atoms with Gasteiger partial charge in [0.1, 0.15) is 0 Å². The van der Waals surface area contributed by atoms with Gasteiger partial charge < -0.3 is 4.52 Å². The third-order valence-corrected chi connectivity index (χ3v) is 2.36. The van der Waals surface area contributed by atoms with Crippen molar-refractivity contribution >= 4 is 19.6 Å². The molecule has 0 aromatic rings. The summed E-state index contributed by atoms with van der Waals surface area (Å²) in [6.07, 6.45) is 2.52. The molecule has 0 bridgehead atoms. The predicted molar refractivity (Wildman–Crippen MR) is 50.3 cm³/mol. The average Bonchev–Trinajstić information content (AvgIpc) is 1.96. The Morgan fingerprint density at radius 1 is 1.50 bits per heavy atom. The largest absolute Gasteiger partial charge is 0.362 e. The van der Waals surface area contributed by atoms with Gasteiger partial charge in [-0.3, -0.25) is 4.18 Å². The summed E-state index contributed by atoms with van der Waals surface area (Å²) in [6.45, 7) is 2.15. The summed E-state index contributed by atoms with van der Waals surface area (Å²) < 4.78 is 30.5. The summed E-state index contributed by atoms with van der Waals surface area (Å²) in [7, 11) is -1.14. The first-order valence-electron chi connectivity index (χ1n) is 3.69. The van der Waals surface area contributed by atoms with Crippen LogP contribution >= 0.6 is 9.47 Å². The van der Waals surface area contributed by atoms with Gasteiger partial charge in [0.2, 0.25) is 0 Å². The Kier molecular flexibility index (Phi) is 6.01. The molecule has 1 unspecified atom stereocenters. The highest BCUT2D eigenvalue weighted by atomic mass is 32.2. The maximum Gasteiger partial charge on any atom is 0.264 e. The van der Waals surface area contributed by atoms with Crippen LogP contribution in [0.4, 0.5) is 0 Å². The first kappa shape index (κ1) is 12.3. The second kappa shape index (κ2) is 5.86. The molecule has 0 saturated carbocycles. The van der Waals surface area contributed by atoms with E-state index in [1.807, 2.05) is 6.92 Å². The molecule has 74 valence electrons. The van der Waals surface area contributed by atoms with E-state index in [0.717, 1.165) is 12.7 Å². The topological polar surface area (TPSA) is 52.6 Å². The Bertz CT molecular complexity index is 198. The zero-order valence-corrected chi connectivity index (χ0v) is 9.29. The number of hydrogen-bond donors (Lipinski definition) is 0. The van der Waals surface area contributed by atoms with Crippen molar-refractivity contribution < 1.29 is 17.1 Å². The van der Waals surface area contributed by atoms with Crippen LogP contribution in [0.5, 0.6) is 0 Å². The highest BCUT2D eigenvalue weighted by molar-refractivity contribution is 7.85. The SMILES string of the molecule is CC[C@@H](CCOS(C)(=O)=O)OP. The summed E-state index contributed by atoms with van der Waals surface area (Å²) in [5, 5.41) is 0. The molecule has 0 aromatic carbocycles. The van der Waals surface area contributed by atoms with E-state index in [1.165, 1.54) is 0 Å². The van der Waals surface area contributed by atoms with E-state index < -0.39 is 10.1 Å². The molecule has 0 fully saturated rings. The molecule has 0 heterocycles. The quantitative estimate of drug-likeness (QED) is 0.487. The molecule has 6 heteroatoms. The molecular formula is C6H15O4PS. The Hall–Kier alpha value is 0.300. The third-order valence-electron chi connectivity index (χ3n) is 1.39. The lowest BCUT2D eigenvalue weighted by Crippen LogP contribution is -2.12. The molecule has 0 aliphatic carbocycles. The molecular weight excluding hydrogens is 199 g/mol. The molecule has 12 heavy (non-hydrogen) atoms. The van der Waals surface area contributed by atoms with Crippen LogP contribution in [0, 0.1) is 0 Å². The smallest absolute Gasteiger partial charge is 0.264 e. The van der Waals surface area contributed by atoms with E-state index in [4.69, 9.17) is 4.52 Å². The van der Waals surface area contributed by atoms with Crippen molar-refractivity contribution in [2.24, 2.45) is 0 Å². The van der Waals surface area contributed by atoms with Gasteiger partial charge in [0, 0.05) is 9.47 Å². The van der Waals surface area contributed by atoms with Crippen molar-refractivity contribution in [3.8, 4) is 0 Å². The fourth-order valence-electron chi connectivity index (χ4n) is 0.699.